The summed E-state index contributed by atoms with van der Waals surface area (Å²) in [5, 5.41) is 5.85. The molecule has 154 valence electrons. The molecule has 0 bridgehead atoms. The number of hydrogen-bond donors (Lipinski definition) is 2. The average molecular weight is 402 g/mol. The standard InChI is InChI=1S/C25H27N3O2/c1-18-9-11-19(12-10-18)23(28(2)3)17-26-24(29)21-13-15-22(16-14-21)27-25(30)20-7-5-4-6-8-20/h4-16,23H,17H2,1-3H3,(H,26,29)(H,27,30). The van der Waals surface area contributed by atoms with E-state index in [1.807, 2.05) is 32.3 Å². The molecule has 2 N–H and O–H groups in total. The van der Waals surface area contributed by atoms with Gasteiger partial charge in [0.1, 0.15) is 0 Å². The predicted octanol–water partition coefficient (Wildman–Crippen LogP) is 4.28. The summed E-state index contributed by atoms with van der Waals surface area (Å²) in [6.07, 6.45) is 0. The Bertz CT molecular complexity index is 981. The lowest BCUT2D eigenvalue weighted by Crippen LogP contribution is -2.34. The first-order valence-corrected chi connectivity index (χ1v) is 9.91. The Balaban J connectivity index is 1.60. The number of anilines is 1. The van der Waals surface area contributed by atoms with Crippen molar-refractivity contribution in [3.05, 3.63) is 101 Å². The summed E-state index contributed by atoms with van der Waals surface area (Å²) in [5.41, 5.74) is 4.15. The Morgan fingerprint density at radius 3 is 2.00 bits per heavy atom. The molecule has 1 atom stereocenters. The Morgan fingerprint density at radius 1 is 0.800 bits per heavy atom. The molecule has 5 heteroatoms. The zero-order chi connectivity index (χ0) is 21.5. The molecule has 2 amide bonds. The number of nitrogens with one attached hydrogen (secondary N) is 2. The van der Waals surface area contributed by atoms with Crippen LogP contribution in [-0.4, -0.2) is 37.4 Å². The van der Waals surface area contributed by atoms with E-state index in [1.54, 1.807) is 36.4 Å². The first-order chi connectivity index (χ1) is 14.4. The van der Waals surface area contributed by atoms with Gasteiger partial charge < -0.3 is 15.5 Å². The number of rotatable bonds is 7. The van der Waals surface area contributed by atoms with Gasteiger partial charge >= 0.3 is 0 Å². The van der Waals surface area contributed by atoms with Gasteiger partial charge in [0.2, 0.25) is 0 Å². The van der Waals surface area contributed by atoms with E-state index in [-0.39, 0.29) is 17.9 Å². The van der Waals surface area contributed by atoms with Gasteiger partial charge in [0.15, 0.2) is 0 Å². The summed E-state index contributed by atoms with van der Waals surface area (Å²) >= 11 is 0. The van der Waals surface area contributed by atoms with Crippen LogP contribution in [-0.2, 0) is 0 Å². The Kier molecular flexibility index (Phi) is 6.99. The molecule has 3 aromatic rings. The van der Waals surface area contributed by atoms with E-state index in [9.17, 15) is 9.59 Å². The second-order valence-corrected chi connectivity index (χ2v) is 7.50. The number of nitrogens with zero attached hydrogens (tertiary/aromatic N) is 1. The van der Waals surface area contributed by atoms with Crippen LogP contribution in [0.3, 0.4) is 0 Å². The molecule has 0 radical (unpaired) electrons. The Labute approximate surface area is 177 Å². The third-order valence-electron chi connectivity index (χ3n) is 4.98. The molecule has 0 aliphatic carbocycles. The van der Waals surface area contributed by atoms with Crippen molar-refractivity contribution in [2.45, 2.75) is 13.0 Å². The van der Waals surface area contributed by atoms with Crippen LogP contribution in [0.25, 0.3) is 0 Å². The third-order valence-corrected chi connectivity index (χ3v) is 4.98. The maximum absolute atomic E-state index is 12.6. The largest absolute Gasteiger partial charge is 0.350 e. The number of aryl methyl sites for hydroxylation is 1. The summed E-state index contributed by atoms with van der Waals surface area (Å²) in [7, 11) is 4.00. The van der Waals surface area contributed by atoms with Gasteiger partial charge in [-0.1, -0.05) is 48.0 Å². The van der Waals surface area contributed by atoms with Gasteiger partial charge in [-0.3, -0.25) is 9.59 Å². The fraction of sp³-hybridized carbons (Fsp3) is 0.200. The highest BCUT2D eigenvalue weighted by atomic mass is 16.2. The Hall–Kier alpha value is -3.44. The van der Waals surface area contributed by atoms with Gasteiger partial charge in [0.05, 0.1) is 6.04 Å². The number of carbonyl (C=O) groups is 2. The van der Waals surface area contributed by atoms with E-state index >= 15 is 0 Å². The number of hydrogen-bond acceptors (Lipinski definition) is 3. The van der Waals surface area contributed by atoms with Crippen molar-refractivity contribution in [1.29, 1.82) is 0 Å². The first-order valence-electron chi connectivity index (χ1n) is 9.91. The predicted molar refractivity (Wildman–Crippen MR) is 121 cm³/mol. The fourth-order valence-corrected chi connectivity index (χ4v) is 3.18. The van der Waals surface area contributed by atoms with Crippen molar-refractivity contribution < 1.29 is 9.59 Å². The lowest BCUT2D eigenvalue weighted by atomic mass is 10.0. The number of amides is 2. The van der Waals surface area contributed by atoms with Gasteiger partial charge in [-0.25, -0.2) is 0 Å². The SMILES string of the molecule is Cc1ccc(C(CNC(=O)c2ccc(NC(=O)c3ccccc3)cc2)N(C)C)cc1. The molecule has 0 aliphatic heterocycles. The van der Waals surface area contributed by atoms with Crippen molar-refractivity contribution >= 4 is 17.5 Å². The van der Waals surface area contributed by atoms with Crippen molar-refractivity contribution in [3.63, 3.8) is 0 Å². The monoisotopic (exact) mass is 401 g/mol. The van der Waals surface area contributed by atoms with E-state index < -0.39 is 0 Å². The first kappa shape index (κ1) is 21.3. The van der Waals surface area contributed by atoms with Crippen LogP contribution in [0.1, 0.15) is 37.9 Å². The Morgan fingerprint density at radius 2 is 1.40 bits per heavy atom. The highest BCUT2D eigenvalue weighted by molar-refractivity contribution is 6.04. The highest BCUT2D eigenvalue weighted by Crippen LogP contribution is 2.18. The zero-order valence-corrected chi connectivity index (χ0v) is 17.6. The van der Waals surface area contributed by atoms with Crippen molar-refractivity contribution in [3.8, 4) is 0 Å². The quantitative estimate of drug-likeness (QED) is 0.621. The molecular weight excluding hydrogens is 374 g/mol. The van der Waals surface area contributed by atoms with Gasteiger partial charge in [-0.2, -0.15) is 0 Å². The molecule has 0 heterocycles. The third kappa shape index (κ3) is 5.55. The summed E-state index contributed by atoms with van der Waals surface area (Å²) in [5.74, 6) is -0.324. The van der Waals surface area contributed by atoms with E-state index in [2.05, 4.69) is 46.7 Å². The van der Waals surface area contributed by atoms with Crippen LogP contribution < -0.4 is 10.6 Å². The second kappa shape index (κ2) is 9.85. The minimum Gasteiger partial charge on any atom is -0.350 e. The molecule has 0 aliphatic rings. The molecule has 1 unspecified atom stereocenters. The maximum Gasteiger partial charge on any atom is 0.255 e. The van der Waals surface area contributed by atoms with Crippen LogP contribution in [0.2, 0.25) is 0 Å². The average Bonchev–Trinajstić information content (AvgIpc) is 2.76. The van der Waals surface area contributed by atoms with E-state index in [0.717, 1.165) is 5.56 Å². The summed E-state index contributed by atoms with van der Waals surface area (Å²) in [6, 6.07) is 24.3. The van der Waals surface area contributed by atoms with Gasteiger partial charge in [0.25, 0.3) is 11.8 Å². The van der Waals surface area contributed by atoms with Gasteiger partial charge in [-0.05, 0) is 63.0 Å². The lowest BCUT2D eigenvalue weighted by Gasteiger charge is -2.25. The molecule has 3 aromatic carbocycles. The van der Waals surface area contributed by atoms with E-state index in [4.69, 9.17) is 0 Å². The molecule has 0 spiro atoms. The summed E-state index contributed by atoms with van der Waals surface area (Å²) in [4.78, 5) is 26.9. The molecular formula is C25H27N3O2. The number of carbonyl (C=O) groups excluding carboxylic acids is 2. The van der Waals surface area contributed by atoms with Crippen LogP contribution in [0.15, 0.2) is 78.9 Å². The fourth-order valence-electron chi connectivity index (χ4n) is 3.18. The number of likely N-dealkylation sites (N-methyl/N-ethyl adjacent to an activating group) is 1. The van der Waals surface area contributed by atoms with Crippen molar-refractivity contribution in [2.75, 3.05) is 26.0 Å². The molecule has 0 saturated carbocycles. The lowest BCUT2D eigenvalue weighted by molar-refractivity contribution is 0.0941. The van der Waals surface area contributed by atoms with Crippen LogP contribution in [0, 0.1) is 6.92 Å². The van der Waals surface area contributed by atoms with E-state index in [1.165, 1.54) is 5.56 Å². The molecule has 5 nitrogen and oxygen atoms in total. The van der Waals surface area contributed by atoms with Crippen molar-refractivity contribution in [2.24, 2.45) is 0 Å². The molecule has 0 fully saturated rings. The zero-order valence-electron chi connectivity index (χ0n) is 17.6. The highest BCUT2D eigenvalue weighted by Gasteiger charge is 2.16. The van der Waals surface area contributed by atoms with Gasteiger partial charge in [-0.15, -0.1) is 0 Å². The van der Waals surface area contributed by atoms with E-state index in [0.29, 0.717) is 23.4 Å². The topological polar surface area (TPSA) is 61.4 Å². The maximum atomic E-state index is 12.6. The van der Waals surface area contributed by atoms with Crippen LogP contribution in [0.5, 0.6) is 0 Å². The molecule has 0 saturated heterocycles. The molecule has 30 heavy (non-hydrogen) atoms. The van der Waals surface area contributed by atoms with Crippen LogP contribution in [0.4, 0.5) is 5.69 Å². The van der Waals surface area contributed by atoms with Gasteiger partial charge in [0, 0.05) is 23.4 Å². The summed E-state index contributed by atoms with van der Waals surface area (Å²) < 4.78 is 0. The second-order valence-electron chi connectivity index (χ2n) is 7.50. The minimum atomic E-state index is -0.181. The smallest absolute Gasteiger partial charge is 0.255 e. The van der Waals surface area contributed by atoms with Crippen molar-refractivity contribution in [1.82, 2.24) is 10.2 Å². The summed E-state index contributed by atoms with van der Waals surface area (Å²) in [6.45, 7) is 2.56. The molecule has 3 rings (SSSR count). The minimum absolute atomic E-state index is 0.0824. The molecule has 0 aromatic heterocycles. The number of benzene rings is 3. The normalized spacial score (nSPS) is 11.7. The van der Waals surface area contributed by atoms with Crippen LogP contribution >= 0.6 is 0 Å².